The first-order valence-electron chi connectivity index (χ1n) is 11.8. The first-order chi connectivity index (χ1) is 16.9. The van der Waals surface area contributed by atoms with Crippen molar-refractivity contribution in [3.63, 3.8) is 0 Å². The van der Waals surface area contributed by atoms with E-state index in [0.717, 1.165) is 52.4 Å². The average Bonchev–Trinajstić information content (AvgIpc) is 3.03. The number of hydrogen-bond acceptors (Lipinski definition) is 8. The standard InChI is InChI=1S/C24H29N7O3S/c1-13-10-26-19(14(2)22(13)34-3)11-31-28-18-9-15(7-8-25-16-5-4-6-16)17-12-35-30-23(27-24(32)33)21(29-31)20(17)18/h9-10,16,25H,4-8,11-12H2,1-3H3,(H,27,30)(H,32,33). The lowest BCUT2D eigenvalue weighted by Gasteiger charge is -2.26. The van der Waals surface area contributed by atoms with Crippen molar-refractivity contribution in [3.8, 4) is 17.0 Å². The third kappa shape index (κ3) is 4.70. The summed E-state index contributed by atoms with van der Waals surface area (Å²) >= 11 is 1.32. The number of aryl methyl sites for hydroxylation is 1. The van der Waals surface area contributed by atoms with Crippen molar-refractivity contribution in [3.05, 3.63) is 45.9 Å². The van der Waals surface area contributed by atoms with Crippen LogP contribution in [-0.4, -0.2) is 56.7 Å². The van der Waals surface area contributed by atoms with Gasteiger partial charge in [-0.05, 0) is 68.8 Å². The number of carboxylic acid groups (broad SMARTS) is 1. The highest BCUT2D eigenvalue weighted by atomic mass is 32.2. The number of pyridine rings is 1. The lowest BCUT2D eigenvalue weighted by molar-refractivity contribution is 0.200. The van der Waals surface area contributed by atoms with Gasteiger partial charge in [0.1, 0.15) is 18.0 Å². The van der Waals surface area contributed by atoms with Gasteiger partial charge in [0.2, 0.25) is 0 Å². The van der Waals surface area contributed by atoms with Gasteiger partial charge in [0.25, 0.3) is 0 Å². The lowest BCUT2D eigenvalue weighted by atomic mass is 9.93. The number of methoxy groups -OCH3 is 1. The normalized spacial score (nSPS) is 15.5. The summed E-state index contributed by atoms with van der Waals surface area (Å²) in [7, 11) is 1.65. The Kier molecular flexibility index (Phi) is 6.61. The Balaban J connectivity index is 1.54. The van der Waals surface area contributed by atoms with E-state index in [9.17, 15) is 9.90 Å². The fourth-order valence-corrected chi connectivity index (χ4v) is 5.48. The van der Waals surface area contributed by atoms with Crippen LogP contribution in [0.25, 0.3) is 11.3 Å². The summed E-state index contributed by atoms with van der Waals surface area (Å²) in [5, 5.41) is 25.0. The predicted molar refractivity (Wildman–Crippen MR) is 134 cm³/mol. The molecular weight excluding hydrogens is 466 g/mol. The molecule has 4 aliphatic rings. The minimum Gasteiger partial charge on any atom is -0.496 e. The first kappa shape index (κ1) is 23.6. The molecule has 0 saturated heterocycles. The summed E-state index contributed by atoms with van der Waals surface area (Å²) in [5.41, 5.74) is 7.13. The van der Waals surface area contributed by atoms with E-state index in [2.05, 4.69) is 26.1 Å². The Hall–Kier alpha value is -3.18. The fraction of sp³-hybridized carbons (Fsp3) is 0.458. The summed E-state index contributed by atoms with van der Waals surface area (Å²) in [4.78, 5) is 17.6. The molecule has 2 aliphatic carbocycles. The van der Waals surface area contributed by atoms with Crippen LogP contribution in [0.4, 0.5) is 4.79 Å². The molecule has 0 radical (unpaired) electrons. The molecule has 1 fully saturated rings. The predicted octanol–water partition coefficient (Wildman–Crippen LogP) is 3.31. The number of nitrogens with zero attached hydrogens (tertiary/aromatic N) is 5. The van der Waals surface area contributed by atoms with Crippen LogP contribution in [0.5, 0.6) is 5.75 Å². The molecule has 0 unspecified atom stereocenters. The van der Waals surface area contributed by atoms with Gasteiger partial charge in [0.05, 0.1) is 18.5 Å². The van der Waals surface area contributed by atoms with Crippen LogP contribution in [0.1, 0.15) is 52.9 Å². The molecule has 5 rings (SSSR count). The van der Waals surface area contributed by atoms with E-state index < -0.39 is 6.09 Å². The Morgan fingerprint density at radius 2 is 2.14 bits per heavy atom. The van der Waals surface area contributed by atoms with Gasteiger partial charge in [-0.2, -0.15) is 19.4 Å². The van der Waals surface area contributed by atoms with Crippen LogP contribution < -0.4 is 15.4 Å². The highest BCUT2D eigenvalue weighted by Crippen LogP contribution is 2.38. The van der Waals surface area contributed by atoms with Crippen LogP contribution in [0.3, 0.4) is 0 Å². The third-order valence-corrected chi connectivity index (χ3v) is 7.45. The number of nitrogens with one attached hydrogen (secondary N) is 2. The molecule has 10 nitrogen and oxygen atoms in total. The smallest absolute Gasteiger partial charge is 0.410 e. The van der Waals surface area contributed by atoms with Gasteiger partial charge in [0.15, 0.2) is 5.84 Å². The maximum atomic E-state index is 11.5. The van der Waals surface area contributed by atoms with Crippen LogP contribution in [0.15, 0.2) is 16.7 Å². The summed E-state index contributed by atoms with van der Waals surface area (Å²) in [6.07, 6.45) is 5.27. The SMILES string of the molecule is COc1c(C)cnc(Cn2nc3cc(CCNC4CCC4)c4c-3c(n2)C(NC(=O)O)=NSC4)c1C. The number of hydrogen-bond donors (Lipinski definition) is 3. The molecule has 3 N–H and O–H groups in total. The number of amides is 1. The summed E-state index contributed by atoms with van der Waals surface area (Å²) in [6.45, 7) is 5.13. The molecule has 3 heterocycles. The second-order valence-corrected chi connectivity index (χ2v) is 9.74. The fourth-order valence-electron chi connectivity index (χ4n) is 4.69. The number of carbonyl (C=O) groups is 1. The monoisotopic (exact) mass is 495 g/mol. The van der Waals surface area contributed by atoms with E-state index in [0.29, 0.717) is 24.0 Å². The third-order valence-electron chi connectivity index (χ3n) is 6.72. The largest absolute Gasteiger partial charge is 0.496 e. The number of rotatable bonds is 7. The lowest BCUT2D eigenvalue weighted by Crippen LogP contribution is -2.36. The van der Waals surface area contributed by atoms with Crippen molar-refractivity contribution >= 4 is 23.9 Å². The second-order valence-electron chi connectivity index (χ2n) is 9.01. The van der Waals surface area contributed by atoms with Crippen LogP contribution >= 0.6 is 11.9 Å². The van der Waals surface area contributed by atoms with Crippen molar-refractivity contribution < 1.29 is 14.6 Å². The van der Waals surface area contributed by atoms with Gasteiger partial charge in [0, 0.05) is 34.7 Å². The minimum atomic E-state index is -1.18. The van der Waals surface area contributed by atoms with E-state index in [1.54, 1.807) is 18.1 Å². The molecule has 0 spiro atoms. The van der Waals surface area contributed by atoms with Crippen LogP contribution in [0.2, 0.25) is 0 Å². The zero-order valence-electron chi connectivity index (χ0n) is 20.1. The minimum absolute atomic E-state index is 0.221. The van der Waals surface area contributed by atoms with Gasteiger partial charge in [-0.15, -0.1) is 0 Å². The van der Waals surface area contributed by atoms with Crippen molar-refractivity contribution in [2.24, 2.45) is 4.40 Å². The Labute approximate surface area is 208 Å². The second kappa shape index (κ2) is 9.82. The number of amidine groups is 1. The zero-order valence-corrected chi connectivity index (χ0v) is 20.9. The maximum absolute atomic E-state index is 11.5. The van der Waals surface area contributed by atoms with Gasteiger partial charge in [-0.1, -0.05) is 6.42 Å². The molecule has 0 atom stereocenters. The molecule has 184 valence electrons. The zero-order chi connectivity index (χ0) is 24.5. The molecule has 2 aliphatic heterocycles. The molecule has 1 aromatic rings. The van der Waals surface area contributed by atoms with Gasteiger partial charge in [-0.25, -0.2) is 4.79 Å². The Morgan fingerprint density at radius 3 is 2.86 bits per heavy atom. The molecule has 35 heavy (non-hydrogen) atoms. The molecule has 1 aromatic heterocycles. The topological polar surface area (TPSA) is 127 Å². The Morgan fingerprint density at radius 1 is 1.31 bits per heavy atom. The van der Waals surface area contributed by atoms with Crippen LogP contribution in [0, 0.1) is 13.8 Å². The van der Waals surface area contributed by atoms with E-state index >= 15 is 0 Å². The molecular formula is C24H29N7O3S. The number of aromatic nitrogens is 4. The highest BCUT2D eigenvalue weighted by molar-refractivity contribution is 7.97. The number of ether oxygens (including phenoxy) is 1. The summed E-state index contributed by atoms with van der Waals surface area (Å²) in [5.74, 6) is 1.65. The molecule has 0 aromatic carbocycles. The summed E-state index contributed by atoms with van der Waals surface area (Å²) in [6, 6.07) is 2.73. The van der Waals surface area contributed by atoms with E-state index in [-0.39, 0.29) is 5.84 Å². The first-order valence-corrected chi connectivity index (χ1v) is 12.7. The quantitative estimate of drug-likeness (QED) is 0.426. The van der Waals surface area contributed by atoms with Crippen molar-refractivity contribution in [1.82, 2.24) is 30.6 Å². The van der Waals surface area contributed by atoms with E-state index in [4.69, 9.17) is 14.9 Å². The molecule has 1 amide bonds. The Bertz CT molecular complexity index is 1270. The van der Waals surface area contributed by atoms with Gasteiger partial charge in [-0.3, -0.25) is 10.3 Å². The highest BCUT2D eigenvalue weighted by Gasteiger charge is 2.29. The molecule has 1 saturated carbocycles. The maximum Gasteiger partial charge on any atom is 0.410 e. The molecule has 11 heteroatoms. The van der Waals surface area contributed by atoms with Crippen LogP contribution in [-0.2, 0) is 18.7 Å². The molecule has 0 bridgehead atoms. The van der Waals surface area contributed by atoms with Crippen molar-refractivity contribution in [1.29, 1.82) is 0 Å². The van der Waals surface area contributed by atoms with E-state index in [1.807, 2.05) is 13.8 Å². The van der Waals surface area contributed by atoms with Crippen molar-refractivity contribution in [2.45, 2.75) is 57.9 Å². The summed E-state index contributed by atoms with van der Waals surface area (Å²) < 4.78 is 9.99. The van der Waals surface area contributed by atoms with Crippen molar-refractivity contribution in [2.75, 3.05) is 13.7 Å². The average molecular weight is 496 g/mol. The van der Waals surface area contributed by atoms with Gasteiger partial charge < -0.3 is 15.2 Å². The van der Waals surface area contributed by atoms with Gasteiger partial charge >= 0.3 is 6.09 Å². The van der Waals surface area contributed by atoms with E-state index in [1.165, 1.54) is 36.8 Å².